The Labute approximate surface area is 160 Å². The second-order valence-electron chi connectivity index (χ2n) is 5.53. The summed E-state index contributed by atoms with van der Waals surface area (Å²) < 4.78 is 41.8. The van der Waals surface area contributed by atoms with Crippen molar-refractivity contribution in [3.63, 3.8) is 0 Å². The van der Waals surface area contributed by atoms with Crippen molar-refractivity contribution in [1.29, 1.82) is 0 Å². The smallest absolute Gasteiger partial charge is 0.154 e. The minimum absolute atomic E-state index is 0. The number of rotatable bonds is 2. The Hall–Kier alpha value is -1.44. The van der Waals surface area contributed by atoms with E-state index in [2.05, 4.69) is 9.98 Å². The van der Waals surface area contributed by atoms with Crippen LogP contribution in [0.2, 0.25) is 0 Å². The largest absolute Gasteiger partial charge is 0.379 e. The molecule has 25 heavy (non-hydrogen) atoms. The number of aromatic nitrogens is 1. The van der Waals surface area contributed by atoms with Crippen molar-refractivity contribution in [3.8, 4) is 11.1 Å². The molecule has 1 unspecified atom stereocenters. The monoisotopic (exact) mass is 409 g/mol. The third-order valence-electron chi connectivity index (χ3n) is 3.85. The Bertz CT molecular complexity index is 804. The number of thioether (sulfide) groups is 1. The van der Waals surface area contributed by atoms with Crippen LogP contribution in [-0.2, 0) is 5.54 Å². The maximum Gasteiger partial charge on any atom is 0.154 e. The molecule has 0 saturated heterocycles. The zero-order valence-electron chi connectivity index (χ0n) is 13.1. The molecule has 2 N–H and O–H groups in total. The molecule has 1 aromatic carbocycles. The third kappa shape index (κ3) is 4.40. The van der Waals surface area contributed by atoms with E-state index in [0.717, 1.165) is 18.3 Å². The first-order chi connectivity index (χ1) is 10.9. The number of nitrogens with zero attached hydrogens (tertiary/aromatic N) is 2. The van der Waals surface area contributed by atoms with Crippen molar-refractivity contribution >= 4 is 41.7 Å². The van der Waals surface area contributed by atoms with Gasteiger partial charge in [0, 0.05) is 34.7 Å². The highest BCUT2D eigenvalue weighted by Crippen LogP contribution is 2.38. The first-order valence-electron chi connectivity index (χ1n) is 6.97. The highest BCUT2D eigenvalue weighted by Gasteiger charge is 2.33. The zero-order valence-corrected chi connectivity index (χ0v) is 15.6. The fraction of sp³-hybridized carbons (Fsp3) is 0.250. The summed E-state index contributed by atoms with van der Waals surface area (Å²) >= 11 is 1.40. The van der Waals surface area contributed by atoms with Crippen molar-refractivity contribution < 1.29 is 13.2 Å². The molecule has 1 aromatic heterocycles. The standard InChI is InChI=1S/C16H14F3N3S.2ClH/c1-16(2-3-23-15(20)22-16)12-5-11(13(18)6-14(12)19)9-4-10(17)8-21-7-9;;/h4-8H,2-3H2,1H3,(H2,20,22);2*1H. The van der Waals surface area contributed by atoms with Gasteiger partial charge in [-0.15, -0.1) is 24.8 Å². The predicted molar refractivity (Wildman–Crippen MR) is 100 cm³/mol. The van der Waals surface area contributed by atoms with E-state index in [1.807, 2.05) is 0 Å². The highest BCUT2D eigenvalue weighted by atomic mass is 35.5. The van der Waals surface area contributed by atoms with Gasteiger partial charge in [-0.25, -0.2) is 13.2 Å². The molecule has 0 bridgehead atoms. The van der Waals surface area contributed by atoms with Crippen LogP contribution in [0.3, 0.4) is 0 Å². The number of pyridine rings is 1. The Balaban J connectivity index is 0.00000156. The number of nitrogens with two attached hydrogens (primary N) is 1. The molecule has 0 amide bonds. The van der Waals surface area contributed by atoms with Crippen molar-refractivity contribution in [2.45, 2.75) is 18.9 Å². The number of hydrogen-bond donors (Lipinski definition) is 1. The summed E-state index contributed by atoms with van der Waals surface area (Å²) in [6.07, 6.45) is 2.93. The summed E-state index contributed by atoms with van der Waals surface area (Å²) in [5.41, 5.74) is 5.45. The van der Waals surface area contributed by atoms with Gasteiger partial charge in [-0.1, -0.05) is 11.8 Å². The lowest BCUT2D eigenvalue weighted by Crippen LogP contribution is -2.29. The molecule has 1 aliphatic rings. The van der Waals surface area contributed by atoms with E-state index in [1.165, 1.54) is 24.0 Å². The van der Waals surface area contributed by atoms with Crippen LogP contribution in [0.5, 0.6) is 0 Å². The van der Waals surface area contributed by atoms with Gasteiger partial charge in [-0.05, 0) is 25.5 Å². The summed E-state index contributed by atoms with van der Waals surface area (Å²) in [6.45, 7) is 1.75. The minimum atomic E-state index is -0.872. The van der Waals surface area contributed by atoms with Gasteiger partial charge in [0.25, 0.3) is 0 Å². The average molecular weight is 410 g/mol. The van der Waals surface area contributed by atoms with Crippen molar-refractivity contribution in [1.82, 2.24) is 4.98 Å². The SMILES string of the molecule is CC1(c2cc(-c3cncc(F)c3)c(F)cc2F)CCSC(N)=N1.Cl.Cl. The molecular weight excluding hydrogens is 394 g/mol. The van der Waals surface area contributed by atoms with Gasteiger partial charge in [0.15, 0.2) is 5.17 Å². The molecule has 0 radical (unpaired) electrons. The second-order valence-corrected chi connectivity index (χ2v) is 6.64. The van der Waals surface area contributed by atoms with Crippen LogP contribution in [0.1, 0.15) is 18.9 Å². The molecule has 1 aliphatic heterocycles. The zero-order chi connectivity index (χ0) is 16.6. The van der Waals surface area contributed by atoms with Gasteiger partial charge >= 0.3 is 0 Å². The predicted octanol–water partition coefficient (Wildman–Crippen LogP) is 4.68. The highest BCUT2D eigenvalue weighted by molar-refractivity contribution is 8.13. The van der Waals surface area contributed by atoms with Crippen LogP contribution in [0.4, 0.5) is 13.2 Å². The molecule has 1 atom stereocenters. The Kier molecular flexibility index (Phi) is 7.17. The van der Waals surface area contributed by atoms with Crippen LogP contribution >= 0.6 is 36.6 Å². The van der Waals surface area contributed by atoms with Gasteiger partial charge in [0.05, 0.1) is 11.7 Å². The summed E-state index contributed by atoms with van der Waals surface area (Å²) in [4.78, 5) is 8.04. The van der Waals surface area contributed by atoms with Crippen LogP contribution in [0.15, 0.2) is 35.6 Å². The number of hydrogen-bond acceptors (Lipinski definition) is 4. The van der Waals surface area contributed by atoms with Gasteiger partial charge in [-0.3, -0.25) is 9.98 Å². The van der Waals surface area contributed by atoms with Gasteiger partial charge in [-0.2, -0.15) is 0 Å². The first-order valence-corrected chi connectivity index (χ1v) is 7.96. The maximum atomic E-state index is 14.3. The van der Waals surface area contributed by atoms with Crippen LogP contribution in [0, 0.1) is 17.5 Å². The summed E-state index contributed by atoms with van der Waals surface area (Å²) in [5.74, 6) is -1.36. The van der Waals surface area contributed by atoms with Crippen molar-refractivity contribution in [2.75, 3.05) is 5.75 Å². The number of benzene rings is 1. The fourth-order valence-electron chi connectivity index (χ4n) is 2.62. The number of aliphatic imine (C=N–C) groups is 1. The molecule has 3 nitrogen and oxygen atoms in total. The minimum Gasteiger partial charge on any atom is -0.379 e. The van der Waals surface area contributed by atoms with E-state index >= 15 is 0 Å². The molecule has 3 rings (SSSR count). The molecule has 2 heterocycles. The lowest BCUT2D eigenvalue weighted by molar-refractivity contribution is 0.447. The van der Waals surface area contributed by atoms with Crippen molar-refractivity contribution in [2.24, 2.45) is 10.7 Å². The number of halogens is 5. The van der Waals surface area contributed by atoms with E-state index in [1.54, 1.807) is 6.92 Å². The summed E-state index contributed by atoms with van der Waals surface area (Å²) in [7, 11) is 0. The lowest BCUT2D eigenvalue weighted by atomic mass is 9.87. The van der Waals surface area contributed by atoms with E-state index in [4.69, 9.17) is 5.73 Å². The average Bonchev–Trinajstić information content (AvgIpc) is 2.46. The van der Waals surface area contributed by atoms with E-state index in [9.17, 15) is 13.2 Å². The maximum absolute atomic E-state index is 14.3. The van der Waals surface area contributed by atoms with Gasteiger partial charge in [0.2, 0.25) is 0 Å². The van der Waals surface area contributed by atoms with Crippen LogP contribution in [-0.4, -0.2) is 15.9 Å². The van der Waals surface area contributed by atoms with Gasteiger partial charge < -0.3 is 5.73 Å². The van der Waals surface area contributed by atoms with E-state index < -0.39 is 23.0 Å². The Morgan fingerprint density at radius 2 is 1.80 bits per heavy atom. The summed E-state index contributed by atoms with van der Waals surface area (Å²) in [5, 5.41) is 0.372. The topological polar surface area (TPSA) is 51.3 Å². The molecule has 0 aliphatic carbocycles. The molecule has 9 heteroatoms. The molecule has 136 valence electrons. The first kappa shape index (κ1) is 21.6. The van der Waals surface area contributed by atoms with E-state index in [-0.39, 0.29) is 41.5 Å². The fourth-order valence-corrected chi connectivity index (χ4v) is 3.60. The quantitative estimate of drug-likeness (QED) is 0.783. The van der Waals surface area contributed by atoms with E-state index in [0.29, 0.717) is 17.3 Å². The molecular formula is C16H16Cl2F3N3S. The lowest BCUT2D eigenvalue weighted by Gasteiger charge is -2.30. The van der Waals surface area contributed by atoms with Crippen molar-refractivity contribution in [3.05, 3.63) is 53.6 Å². The molecule has 2 aromatic rings. The molecule has 0 saturated carbocycles. The Morgan fingerprint density at radius 3 is 2.44 bits per heavy atom. The van der Waals surface area contributed by atoms with Crippen LogP contribution < -0.4 is 5.73 Å². The molecule has 0 spiro atoms. The second kappa shape index (κ2) is 8.29. The Morgan fingerprint density at radius 1 is 1.08 bits per heavy atom. The number of amidine groups is 1. The normalized spacial score (nSPS) is 19.4. The third-order valence-corrected chi connectivity index (χ3v) is 4.64. The van der Waals surface area contributed by atoms with Crippen LogP contribution in [0.25, 0.3) is 11.1 Å². The van der Waals surface area contributed by atoms with Gasteiger partial charge in [0.1, 0.15) is 17.5 Å². The summed E-state index contributed by atoms with van der Waals surface area (Å²) in [6, 6.07) is 3.33. The molecule has 0 fully saturated rings.